The zero-order valence-corrected chi connectivity index (χ0v) is 21.7. The van der Waals surface area contributed by atoms with Crippen molar-refractivity contribution in [3.8, 4) is 10.7 Å². The first-order chi connectivity index (χ1) is 16.7. The largest absolute Gasteiger partial charge is 0.355 e. The van der Waals surface area contributed by atoms with E-state index in [0.29, 0.717) is 30.5 Å². The molecule has 0 aliphatic carbocycles. The molecule has 4 aromatic rings. The van der Waals surface area contributed by atoms with Crippen LogP contribution in [0, 0.1) is 12.8 Å². The van der Waals surface area contributed by atoms with Crippen molar-refractivity contribution in [2.45, 2.75) is 26.7 Å². The van der Waals surface area contributed by atoms with Gasteiger partial charge in [-0.2, -0.15) is 0 Å². The third kappa shape index (κ3) is 5.10. The minimum Gasteiger partial charge on any atom is -0.355 e. The van der Waals surface area contributed by atoms with Gasteiger partial charge in [-0.25, -0.2) is 33.3 Å². The number of rotatable bonds is 7. The third-order valence-corrected chi connectivity index (χ3v) is 7.94. The second-order valence-electron chi connectivity index (χ2n) is 9.30. The Morgan fingerprint density at radius 2 is 1.89 bits per heavy atom. The Kier molecular flexibility index (Phi) is 6.14. The Bertz CT molecular complexity index is 1500. The predicted molar refractivity (Wildman–Crippen MR) is 140 cm³/mol. The van der Waals surface area contributed by atoms with Gasteiger partial charge in [0.25, 0.3) is 0 Å². The second-order valence-corrected chi connectivity index (χ2v) is 12.7. The van der Waals surface area contributed by atoms with Crippen molar-refractivity contribution in [3.05, 3.63) is 47.5 Å². The summed E-state index contributed by atoms with van der Waals surface area (Å²) >= 11 is 1.55. The number of sulfone groups is 1. The van der Waals surface area contributed by atoms with Crippen LogP contribution in [-0.2, 0) is 9.84 Å². The summed E-state index contributed by atoms with van der Waals surface area (Å²) in [7, 11) is -2.99. The number of aryl methyl sites for hydroxylation is 1. The topological polar surface area (TPSA) is 114 Å². The molecule has 0 radical (unpaired) electrons. The fourth-order valence-corrected chi connectivity index (χ4v) is 6.13. The van der Waals surface area contributed by atoms with Crippen molar-refractivity contribution in [3.63, 3.8) is 0 Å². The molecule has 1 saturated heterocycles. The Morgan fingerprint density at radius 1 is 1.09 bits per heavy atom. The van der Waals surface area contributed by atoms with Crippen LogP contribution in [0.1, 0.15) is 30.3 Å². The van der Waals surface area contributed by atoms with Crippen molar-refractivity contribution in [1.82, 2.24) is 24.9 Å². The van der Waals surface area contributed by atoms with E-state index in [-0.39, 0.29) is 17.6 Å². The van der Waals surface area contributed by atoms with Crippen LogP contribution in [0.25, 0.3) is 21.5 Å². The molecule has 0 atom stereocenters. The highest BCUT2D eigenvalue weighted by Gasteiger charge is 2.31. The molecule has 0 bridgehead atoms. The van der Waals surface area contributed by atoms with Crippen molar-refractivity contribution in [1.29, 1.82) is 0 Å². The van der Waals surface area contributed by atoms with E-state index >= 15 is 0 Å². The molecule has 1 fully saturated rings. The molecule has 1 aliphatic rings. The fourth-order valence-electron chi connectivity index (χ4n) is 4.34. The van der Waals surface area contributed by atoms with Gasteiger partial charge in [0.15, 0.2) is 5.82 Å². The number of pyridine rings is 2. The van der Waals surface area contributed by atoms with Gasteiger partial charge in [-0.1, -0.05) is 13.8 Å². The Morgan fingerprint density at radius 3 is 2.57 bits per heavy atom. The molecule has 11 heteroatoms. The summed E-state index contributed by atoms with van der Waals surface area (Å²) in [4.78, 5) is 25.7. The summed E-state index contributed by atoms with van der Waals surface area (Å²) in [6.45, 7) is 7.59. The lowest BCUT2D eigenvalue weighted by Gasteiger charge is -2.40. The zero-order valence-electron chi connectivity index (χ0n) is 20.1. The molecule has 35 heavy (non-hydrogen) atoms. The minimum atomic E-state index is -2.99. The molecular formula is C24H27N7O2S2. The highest BCUT2D eigenvalue weighted by molar-refractivity contribution is 7.90. The van der Waals surface area contributed by atoms with Gasteiger partial charge in [-0.3, -0.25) is 0 Å². The maximum atomic E-state index is 11.6. The Hall–Kier alpha value is -3.18. The van der Waals surface area contributed by atoms with Crippen molar-refractivity contribution >= 4 is 49.4 Å². The highest BCUT2D eigenvalue weighted by Crippen LogP contribution is 2.35. The molecular weight excluding hydrogens is 482 g/mol. The molecule has 0 unspecified atom stereocenters. The van der Waals surface area contributed by atoms with Gasteiger partial charge in [0.2, 0.25) is 0 Å². The smallest absolute Gasteiger partial charge is 0.173 e. The number of nitrogens with zero attached hydrogens (tertiary/aromatic N) is 6. The monoisotopic (exact) mass is 509 g/mol. The lowest BCUT2D eigenvalue weighted by molar-refractivity contribution is 0.442. The first-order valence-electron chi connectivity index (χ1n) is 11.4. The lowest BCUT2D eigenvalue weighted by atomic mass is 9.97. The summed E-state index contributed by atoms with van der Waals surface area (Å²) < 4.78 is 23.3. The van der Waals surface area contributed by atoms with E-state index in [0.717, 1.165) is 32.0 Å². The zero-order chi connectivity index (χ0) is 24.7. The number of thiazole rings is 1. The molecule has 4 aromatic heterocycles. The van der Waals surface area contributed by atoms with E-state index in [1.165, 1.54) is 6.26 Å². The van der Waals surface area contributed by atoms with Gasteiger partial charge in [0, 0.05) is 55.4 Å². The number of aromatic nitrogens is 5. The average Bonchev–Trinajstić information content (AvgIpc) is 3.21. The van der Waals surface area contributed by atoms with Crippen LogP contribution in [0.15, 0.2) is 36.9 Å². The quantitative estimate of drug-likeness (QED) is 0.391. The molecule has 1 aliphatic heterocycles. The Balaban J connectivity index is 1.44. The summed E-state index contributed by atoms with van der Waals surface area (Å²) in [5, 5.41) is 6.31. The first-order valence-corrected chi connectivity index (χ1v) is 14.3. The van der Waals surface area contributed by atoms with Gasteiger partial charge in [-0.15, -0.1) is 11.3 Å². The molecule has 0 spiro atoms. The van der Waals surface area contributed by atoms with Crippen molar-refractivity contribution < 1.29 is 8.42 Å². The summed E-state index contributed by atoms with van der Waals surface area (Å²) in [6.07, 6.45) is 8.56. The van der Waals surface area contributed by atoms with Crippen LogP contribution in [-0.4, -0.2) is 58.4 Å². The van der Waals surface area contributed by atoms with E-state index in [4.69, 9.17) is 4.98 Å². The maximum Gasteiger partial charge on any atom is 0.173 e. The molecule has 1 N–H and O–H groups in total. The minimum absolute atomic E-state index is 0.134. The highest BCUT2D eigenvalue weighted by atomic mass is 32.2. The molecule has 9 nitrogen and oxygen atoms in total. The average molecular weight is 510 g/mol. The second kappa shape index (κ2) is 9.12. The maximum absolute atomic E-state index is 11.6. The van der Waals surface area contributed by atoms with Crippen molar-refractivity contribution in [2.75, 3.05) is 35.3 Å². The normalized spacial score (nSPS) is 14.5. The van der Waals surface area contributed by atoms with Gasteiger partial charge < -0.3 is 10.2 Å². The van der Waals surface area contributed by atoms with Crippen molar-refractivity contribution in [2.24, 2.45) is 5.92 Å². The van der Waals surface area contributed by atoms with E-state index in [2.05, 4.69) is 44.0 Å². The molecule has 5 heterocycles. The standard InChI is InChI=1S/C24H27N7O2S2/c1-14(2)18-8-28-24(31-11-16(12-31)13-35(4,32)33)19-9-27-22(7-17(18)19)29-21-5-6-25-23(30-21)20-10-26-15(3)34-20/h5-10,14,16H,11-13H2,1-4H3,(H,25,27,29,30). The van der Waals surface area contributed by atoms with Gasteiger partial charge in [0.1, 0.15) is 27.3 Å². The van der Waals surface area contributed by atoms with E-state index in [1.807, 2.05) is 31.5 Å². The third-order valence-electron chi connectivity index (χ3n) is 5.95. The number of hydrogen-bond acceptors (Lipinski definition) is 10. The van der Waals surface area contributed by atoms with Crippen LogP contribution in [0.3, 0.4) is 0 Å². The molecule has 0 amide bonds. The molecule has 5 rings (SSSR count). The van der Waals surface area contributed by atoms with Gasteiger partial charge in [0.05, 0.1) is 15.6 Å². The number of anilines is 3. The summed E-state index contributed by atoms with van der Waals surface area (Å²) in [5.41, 5.74) is 1.13. The SMILES string of the molecule is Cc1ncc(-c2nccc(Nc3cc4c(C(C)C)cnc(N5CC(CS(C)(=O)=O)C5)c4cn3)n2)s1. The Labute approximate surface area is 208 Å². The number of hydrogen-bond donors (Lipinski definition) is 1. The molecule has 0 saturated carbocycles. The number of fused-ring (bicyclic) bond motifs is 1. The summed E-state index contributed by atoms with van der Waals surface area (Å²) in [6, 6.07) is 3.84. The van der Waals surface area contributed by atoms with E-state index in [1.54, 1.807) is 23.7 Å². The van der Waals surface area contributed by atoms with E-state index < -0.39 is 9.84 Å². The molecule has 182 valence electrons. The lowest BCUT2D eigenvalue weighted by Crippen LogP contribution is -2.50. The van der Waals surface area contributed by atoms with Crippen LogP contribution < -0.4 is 10.2 Å². The fraction of sp³-hybridized carbons (Fsp3) is 0.375. The summed E-state index contributed by atoms with van der Waals surface area (Å²) in [5.74, 6) is 3.42. The van der Waals surface area contributed by atoms with Crippen LogP contribution >= 0.6 is 11.3 Å². The van der Waals surface area contributed by atoms with E-state index in [9.17, 15) is 8.42 Å². The van der Waals surface area contributed by atoms with Crippen LogP contribution in [0.5, 0.6) is 0 Å². The molecule has 0 aromatic carbocycles. The number of nitrogens with one attached hydrogen (secondary N) is 1. The first kappa shape index (κ1) is 23.6. The van der Waals surface area contributed by atoms with Crippen LogP contribution in [0.2, 0.25) is 0 Å². The van der Waals surface area contributed by atoms with Gasteiger partial charge in [-0.05, 0) is 35.9 Å². The predicted octanol–water partition coefficient (Wildman–Crippen LogP) is 4.20. The van der Waals surface area contributed by atoms with Crippen LogP contribution in [0.4, 0.5) is 17.5 Å². The van der Waals surface area contributed by atoms with Gasteiger partial charge >= 0.3 is 0 Å².